The molecule has 0 unspecified atom stereocenters. The SMILES string of the molecule is CS(=O)(=O)CC[C@H](NC(=O)Nc1cccc(Cl)c1)C(=O)[O-]. The van der Waals surface area contributed by atoms with Gasteiger partial charge in [0.15, 0.2) is 0 Å². The van der Waals surface area contributed by atoms with E-state index in [0.29, 0.717) is 10.7 Å². The van der Waals surface area contributed by atoms with Gasteiger partial charge in [-0.05, 0) is 24.6 Å². The summed E-state index contributed by atoms with van der Waals surface area (Å²) in [6.07, 6.45) is 0.704. The van der Waals surface area contributed by atoms with Crippen LogP contribution in [-0.4, -0.2) is 38.5 Å². The molecule has 9 heteroatoms. The van der Waals surface area contributed by atoms with Crippen molar-refractivity contribution in [2.75, 3.05) is 17.3 Å². The van der Waals surface area contributed by atoms with Gasteiger partial charge in [-0.2, -0.15) is 0 Å². The van der Waals surface area contributed by atoms with Gasteiger partial charge >= 0.3 is 6.03 Å². The molecule has 0 aromatic heterocycles. The molecule has 1 rings (SSSR count). The van der Waals surface area contributed by atoms with Crippen molar-refractivity contribution in [1.82, 2.24) is 5.32 Å². The molecule has 0 saturated heterocycles. The molecule has 2 N–H and O–H groups in total. The predicted octanol–water partition coefficient (Wildman–Crippen LogP) is 0.0147. The van der Waals surface area contributed by atoms with Crippen LogP contribution in [0, 0.1) is 0 Å². The van der Waals surface area contributed by atoms with Crippen molar-refractivity contribution in [3.8, 4) is 0 Å². The average molecular weight is 334 g/mol. The lowest BCUT2D eigenvalue weighted by Gasteiger charge is -2.19. The highest BCUT2D eigenvalue weighted by atomic mass is 35.5. The van der Waals surface area contributed by atoms with Gasteiger partial charge in [0.05, 0.1) is 17.8 Å². The second-order valence-electron chi connectivity index (χ2n) is 4.40. The van der Waals surface area contributed by atoms with Crippen molar-refractivity contribution in [3.63, 3.8) is 0 Å². The summed E-state index contributed by atoms with van der Waals surface area (Å²) < 4.78 is 22.0. The van der Waals surface area contributed by atoms with Crippen LogP contribution in [0.25, 0.3) is 0 Å². The van der Waals surface area contributed by atoms with Crippen molar-refractivity contribution < 1.29 is 23.1 Å². The first-order chi connectivity index (χ1) is 9.67. The average Bonchev–Trinajstić information content (AvgIpc) is 2.32. The summed E-state index contributed by atoms with van der Waals surface area (Å²) in [6.45, 7) is 0. The van der Waals surface area contributed by atoms with E-state index in [4.69, 9.17) is 11.6 Å². The molecule has 21 heavy (non-hydrogen) atoms. The van der Waals surface area contributed by atoms with Gasteiger partial charge in [-0.15, -0.1) is 0 Å². The number of hydrogen-bond donors (Lipinski definition) is 2. The summed E-state index contributed by atoms with van der Waals surface area (Å²) >= 11 is 5.74. The van der Waals surface area contributed by atoms with E-state index in [1.807, 2.05) is 0 Å². The number of carboxylic acids is 1. The second kappa shape index (κ2) is 7.28. The Labute approximate surface area is 127 Å². The van der Waals surface area contributed by atoms with E-state index < -0.39 is 27.9 Å². The third-order valence-corrected chi connectivity index (χ3v) is 3.66. The van der Waals surface area contributed by atoms with Crippen molar-refractivity contribution in [2.45, 2.75) is 12.5 Å². The van der Waals surface area contributed by atoms with E-state index in [1.165, 1.54) is 6.07 Å². The largest absolute Gasteiger partial charge is 0.548 e. The van der Waals surface area contributed by atoms with Crippen molar-refractivity contribution in [3.05, 3.63) is 29.3 Å². The molecule has 1 aromatic carbocycles. The normalized spacial score (nSPS) is 12.5. The predicted molar refractivity (Wildman–Crippen MR) is 76.7 cm³/mol. The van der Waals surface area contributed by atoms with Crippen LogP contribution in [0.4, 0.5) is 10.5 Å². The third-order valence-electron chi connectivity index (χ3n) is 2.45. The van der Waals surface area contributed by atoms with E-state index >= 15 is 0 Å². The van der Waals surface area contributed by atoms with Gasteiger partial charge in [0, 0.05) is 17.0 Å². The Morgan fingerprint density at radius 1 is 1.38 bits per heavy atom. The van der Waals surface area contributed by atoms with Gasteiger partial charge in [-0.3, -0.25) is 0 Å². The minimum atomic E-state index is -3.33. The van der Waals surface area contributed by atoms with Crippen LogP contribution >= 0.6 is 11.6 Å². The van der Waals surface area contributed by atoms with E-state index in [0.717, 1.165) is 6.26 Å². The van der Waals surface area contributed by atoms with Crippen LogP contribution in [0.3, 0.4) is 0 Å². The number of amides is 2. The zero-order valence-electron chi connectivity index (χ0n) is 11.1. The van der Waals surface area contributed by atoms with Crippen LogP contribution in [0.2, 0.25) is 5.02 Å². The van der Waals surface area contributed by atoms with E-state index in [2.05, 4.69) is 10.6 Å². The Kier molecular flexibility index (Phi) is 5.98. The number of benzene rings is 1. The van der Waals surface area contributed by atoms with Gasteiger partial charge < -0.3 is 20.5 Å². The number of aliphatic carboxylic acids is 1. The highest BCUT2D eigenvalue weighted by Gasteiger charge is 2.16. The molecule has 1 atom stereocenters. The Balaban J connectivity index is 2.62. The molecular formula is C12H14ClN2O5S-. The van der Waals surface area contributed by atoms with Crippen molar-refractivity contribution in [1.29, 1.82) is 0 Å². The topological polar surface area (TPSA) is 115 Å². The molecule has 0 heterocycles. The third kappa shape index (κ3) is 6.96. The lowest BCUT2D eigenvalue weighted by molar-refractivity contribution is -0.308. The summed E-state index contributed by atoms with van der Waals surface area (Å²) in [5.41, 5.74) is 0.375. The number of carbonyl (C=O) groups is 2. The van der Waals surface area contributed by atoms with Crippen molar-refractivity contribution in [2.24, 2.45) is 0 Å². The van der Waals surface area contributed by atoms with Crippen LogP contribution in [0.15, 0.2) is 24.3 Å². The van der Waals surface area contributed by atoms with Crippen LogP contribution in [-0.2, 0) is 14.6 Å². The fraction of sp³-hybridized carbons (Fsp3) is 0.333. The standard InChI is InChI=1S/C12H15ClN2O5S/c1-21(19,20)6-5-10(11(16)17)15-12(18)14-9-4-2-3-8(13)7-9/h2-4,7,10H,5-6H2,1H3,(H,16,17)(H2,14,15,18)/p-1/t10-/m0/s1. The van der Waals surface area contributed by atoms with Crippen LogP contribution in [0.5, 0.6) is 0 Å². The Bertz CT molecular complexity index is 632. The molecule has 0 aliphatic rings. The number of sulfone groups is 1. The maximum absolute atomic E-state index is 11.7. The van der Waals surface area contributed by atoms with E-state index in [9.17, 15) is 23.1 Å². The van der Waals surface area contributed by atoms with Crippen LogP contribution in [0.1, 0.15) is 6.42 Å². The first-order valence-corrected chi connectivity index (χ1v) is 8.33. The molecule has 116 valence electrons. The van der Waals surface area contributed by atoms with Gasteiger partial charge in [0.25, 0.3) is 0 Å². The molecule has 0 bridgehead atoms. The zero-order chi connectivity index (χ0) is 16.0. The molecule has 0 saturated carbocycles. The quantitative estimate of drug-likeness (QED) is 0.761. The zero-order valence-corrected chi connectivity index (χ0v) is 12.7. The molecule has 1 aromatic rings. The number of carboxylic acid groups (broad SMARTS) is 1. The first-order valence-electron chi connectivity index (χ1n) is 5.89. The van der Waals surface area contributed by atoms with Gasteiger partial charge in [0.2, 0.25) is 0 Å². The molecule has 0 spiro atoms. The Morgan fingerprint density at radius 3 is 2.57 bits per heavy atom. The first kappa shape index (κ1) is 17.3. The monoisotopic (exact) mass is 333 g/mol. The summed E-state index contributed by atoms with van der Waals surface area (Å²) in [5.74, 6) is -1.93. The van der Waals surface area contributed by atoms with E-state index in [1.54, 1.807) is 18.2 Å². The number of urea groups is 1. The molecule has 0 fully saturated rings. The molecule has 7 nitrogen and oxygen atoms in total. The summed E-state index contributed by atoms with van der Waals surface area (Å²) in [5, 5.41) is 15.8. The van der Waals surface area contributed by atoms with Crippen molar-refractivity contribution >= 4 is 39.1 Å². The number of halogens is 1. The summed E-state index contributed by atoms with van der Waals surface area (Å²) in [4.78, 5) is 22.5. The maximum Gasteiger partial charge on any atom is 0.319 e. The van der Waals surface area contributed by atoms with Gasteiger partial charge in [-0.1, -0.05) is 17.7 Å². The fourth-order valence-corrected chi connectivity index (χ4v) is 2.33. The Hall–Kier alpha value is -1.80. The molecular weight excluding hydrogens is 320 g/mol. The number of anilines is 1. The maximum atomic E-state index is 11.7. The fourth-order valence-electron chi connectivity index (χ4n) is 1.47. The highest BCUT2D eigenvalue weighted by molar-refractivity contribution is 7.90. The number of hydrogen-bond acceptors (Lipinski definition) is 5. The van der Waals surface area contributed by atoms with Crippen LogP contribution < -0.4 is 15.7 Å². The lowest BCUT2D eigenvalue weighted by atomic mass is 10.2. The smallest absolute Gasteiger partial charge is 0.319 e. The highest BCUT2D eigenvalue weighted by Crippen LogP contribution is 2.14. The van der Waals surface area contributed by atoms with Gasteiger partial charge in [0.1, 0.15) is 9.84 Å². The molecule has 0 radical (unpaired) electrons. The molecule has 0 aliphatic carbocycles. The van der Waals surface area contributed by atoms with E-state index in [-0.39, 0.29) is 12.2 Å². The summed E-state index contributed by atoms with van der Waals surface area (Å²) in [6, 6.07) is 4.07. The molecule has 2 amide bonds. The number of rotatable bonds is 6. The number of nitrogens with one attached hydrogen (secondary N) is 2. The number of carbonyl (C=O) groups excluding carboxylic acids is 2. The summed E-state index contributed by atoms with van der Waals surface area (Å²) in [7, 11) is -3.33. The van der Waals surface area contributed by atoms with Gasteiger partial charge in [-0.25, -0.2) is 13.2 Å². The molecule has 0 aliphatic heterocycles. The lowest BCUT2D eigenvalue weighted by Crippen LogP contribution is -2.49. The Morgan fingerprint density at radius 2 is 2.05 bits per heavy atom. The second-order valence-corrected chi connectivity index (χ2v) is 7.10. The minimum absolute atomic E-state index is 0.274. The minimum Gasteiger partial charge on any atom is -0.548 e.